The molecule has 0 saturated carbocycles. The first kappa shape index (κ1) is 27.2. The minimum Gasteiger partial charge on any atom is -0.440 e. The van der Waals surface area contributed by atoms with Gasteiger partial charge in [0.05, 0.1) is 23.7 Å². The van der Waals surface area contributed by atoms with Crippen LogP contribution in [0.4, 0.5) is 0 Å². The van der Waals surface area contributed by atoms with Crippen LogP contribution in [0, 0.1) is 0 Å². The Labute approximate surface area is 228 Å². The number of hydrogen-bond acceptors (Lipinski definition) is 8. The van der Waals surface area contributed by atoms with Gasteiger partial charge in [-0.2, -0.15) is 0 Å². The molecule has 2 N–H and O–H groups in total. The standard InChI is InChI=1S/C29H31N3O6S/c1-35-29(12-15-36-16-13-29)24-17-21(18-31-19-24)20-37-14-11-26-32-27(22-5-3-2-4-6-22)28(38-26)23-7-9-25(10-8-23)39(30,33)34/h2-10,17-19H,11-16,20H2,1H3,(H2,30,33,34). The van der Waals surface area contributed by atoms with Crippen molar-refractivity contribution >= 4 is 10.0 Å². The topological polar surface area (TPSA) is 127 Å². The van der Waals surface area contributed by atoms with Crippen molar-refractivity contribution in [2.24, 2.45) is 5.14 Å². The van der Waals surface area contributed by atoms with E-state index in [1.807, 2.05) is 36.5 Å². The fraction of sp³-hybridized carbons (Fsp3) is 0.310. The summed E-state index contributed by atoms with van der Waals surface area (Å²) in [5.74, 6) is 1.07. The number of rotatable bonds is 10. The van der Waals surface area contributed by atoms with E-state index in [9.17, 15) is 8.42 Å². The molecule has 2 aromatic heterocycles. The zero-order chi connectivity index (χ0) is 27.3. The number of pyridine rings is 1. The van der Waals surface area contributed by atoms with Crippen molar-refractivity contribution in [3.8, 4) is 22.6 Å². The number of aromatic nitrogens is 2. The Balaban J connectivity index is 1.29. The number of ether oxygens (including phenoxy) is 3. The Morgan fingerprint density at radius 2 is 1.74 bits per heavy atom. The van der Waals surface area contributed by atoms with Gasteiger partial charge in [-0.25, -0.2) is 18.5 Å². The summed E-state index contributed by atoms with van der Waals surface area (Å²) in [5.41, 5.74) is 3.88. The van der Waals surface area contributed by atoms with Gasteiger partial charge in [-0.1, -0.05) is 30.3 Å². The third-order valence-electron chi connectivity index (χ3n) is 6.90. The number of hydrogen-bond donors (Lipinski definition) is 1. The maximum Gasteiger partial charge on any atom is 0.238 e. The smallest absolute Gasteiger partial charge is 0.238 e. The average Bonchev–Trinajstić information content (AvgIpc) is 3.40. The molecule has 39 heavy (non-hydrogen) atoms. The van der Waals surface area contributed by atoms with Crippen LogP contribution in [-0.4, -0.2) is 45.3 Å². The molecular weight excluding hydrogens is 518 g/mol. The molecule has 0 bridgehead atoms. The van der Waals surface area contributed by atoms with E-state index >= 15 is 0 Å². The van der Waals surface area contributed by atoms with Gasteiger partial charge in [0, 0.05) is 68.7 Å². The van der Waals surface area contributed by atoms with Gasteiger partial charge in [0.25, 0.3) is 0 Å². The predicted molar refractivity (Wildman–Crippen MR) is 145 cm³/mol. The maximum absolute atomic E-state index is 11.7. The van der Waals surface area contributed by atoms with Crippen LogP contribution >= 0.6 is 0 Å². The van der Waals surface area contributed by atoms with Gasteiger partial charge >= 0.3 is 0 Å². The monoisotopic (exact) mass is 549 g/mol. The molecule has 9 nitrogen and oxygen atoms in total. The Hall–Kier alpha value is -3.41. The van der Waals surface area contributed by atoms with E-state index in [1.165, 1.54) is 12.1 Å². The Kier molecular flexibility index (Phi) is 8.20. The molecule has 10 heteroatoms. The largest absolute Gasteiger partial charge is 0.440 e. The molecule has 1 aliphatic rings. The molecule has 0 unspecified atom stereocenters. The molecule has 204 valence electrons. The summed E-state index contributed by atoms with van der Waals surface area (Å²) in [6.07, 6.45) is 5.69. The van der Waals surface area contributed by atoms with Crippen LogP contribution in [0.15, 0.2) is 82.4 Å². The summed E-state index contributed by atoms with van der Waals surface area (Å²) in [4.78, 5) is 9.19. The number of benzene rings is 2. The molecule has 0 aliphatic carbocycles. The molecule has 1 aliphatic heterocycles. The third-order valence-corrected chi connectivity index (χ3v) is 7.83. The predicted octanol–water partition coefficient (Wildman–Crippen LogP) is 4.46. The first-order valence-corrected chi connectivity index (χ1v) is 14.3. The van der Waals surface area contributed by atoms with Crippen molar-refractivity contribution in [2.45, 2.75) is 36.4 Å². The van der Waals surface area contributed by atoms with E-state index in [4.69, 9.17) is 28.8 Å². The summed E-state index contributed by atoms with van der Waals surface area (Å²) in [6, 6.07) is 18.0. The van der Waals surface area contributed by atoms with Crippen molar-refractivity contribution in [2.75, 3.05) is 26.9 Å². The maximum atomic E-state index is 11.7. The van der Waals surface area contributed by atoms with Crippen molar-refractivity contribution in [1.29, 1.82) is 0 Å². The normalized spacial score (nSPS) is 15.3. The Bertz CT molecular complexity index is 1500. The number of nitrogens with two attached hydrogens (primary N) is 1. The third kappa shape index (κ3) is 6.26. The fourth-order valence-corrected chi connectivity index (χ4v) is 5.25. The summed E-state index contributed by atoms with van der Waals surface area (Å²) < 4.78 is 46.8. The van der Waals surface area contributed by atoms with Crippen LogP contribution in [0.3, 0.4) is 0 Å². The Morgan fingerprint density at radius 3 is 2.44 bits per heavy atom. The average molecular weight is 550 g/mol. The van der Waals surface area contributed by atoms with Crippen LogP contribution in [0.2, 0.25) is 0 Å². The number of oxazole rings is 1. The van der Waals surface area contributed by atoms with Gasteiger partial charge in [0.2, 0.25) is 10.0 Å². The van der Waals surface area contributed by atoms with Gasteiger partial charge in [-0.05, 0) is 35.9 Å². The van der Waals surface area contributed by atoms with Crippen molar-refractivity contribution < 1.29 is 27.0 Å². The molecule has 0 spiro atoms. The minimum absolute atomic E-state index is 0.0347. The first-order valence-electron chi connectivity index (χ1n) is 12.7. The highest BCUT2D eigenvalue weighted by Crippen LogP contribution is 2.36. The van der Waals surface area contributed by atoms with E-state index in [0.717, 1.165) is 29.5 Å². The van der Waals surface area contributed by atoms with Crippen molar-refractivity contribution in [1.82, 2.24) is 9.97 Å². The van der Waals surface area contributed by atoms with E-state index in [-0.39, 0.29) is 10.5 Å². The number of sulfonamides is 1. The van der Waals surface area contributed by atoms with Crippen LogP contribution in [0.1, 0.15) is 29.9 Å². The molecule has 0 radical (unpaired) electrons. The molecule has 1 saturated heterocycles. The minimum atomic E-state index is -3.79. The van der Waals surface area contributed by atoms with Crippen molar-refractivity contribution in [3.63, 3.8) is 0 Å². The van der Waals surface area contributed by atoms with Gasteiger partial charge < -0.3 is 18.6 Å². The Morgan fingerprint density at radius 1 is 1.00 bits per heavy atom. The van der Waals surface area contributed by atoms with Crippen molar-refractivity contribution in [3.05, 3.63) is 90.1 Å². The number of primary sulfonamides is 1. The quantitative estimate of drug-likeness (QED) is 0.287. The summed E-state index contributed by atoms with van der Waals surface area (Å²) in [7, 11) is -2.06. The van der Waals surface area contributed by atoms with Crippen LogP contribution in [0.5, 0.6) is 0 Å². The summed E-state index contributed by atoms with van der Waals surface area (Å²) >= 11 is 0. The zero-order valence-corrected chi connectivity index (χ0v) is 22.5. The summed E-state index contributed by atoms with van der Waals surface area (Å²) in [5, 5.41) is 5.25. The lowest BCUT2D eigenvalue weighted by Gasteiger charge is -2.36. The lowest BCUT2D eigenvalue weighted by atomic mass is 9.86. The lowest BCUT2D eigenvalue weighted by Crippen LogP contribution is -2.35. The molecule has 1 fully saturated rings. The molecule has 0 atom stereocenters. The van der Waals surface area contributed by atoms with Crippen LogP contribution in [-0.2, 0) is 42.9 Å². The number of nitrogens with zero attached hydrogens (tertiary/aromatic N) is 2. The lowest BCUT2D eigenvalue weighted by molar-refractivity contribution is -0.0950. The first-order chi connectivity index (χ1) is 18.9. The highest BCUT2D eigenvalue weighted by molar-refractivity contribution is 7.89. The highest BCUT2D eigenvalue weighted by Gasteiger charge is 2.34. The molecular formula is C29H31N3O6S. The fourth-order valence-electron chi connectivity index (χ4n) is 4.73. The van der Waals surface area contributed by atoms with Gasteiger partial charge in [-0.15, -0.1) is 0 Å². The van der Waals surface area contributed by atoms with Crippen LogP contribution in [0.25, 0.3) is 22.6 Å². The van der Waals surface area contributed by atoms with Gasteiger partial charge in [0.15, 0.2) is 11.7 Å². The molecule has 5 rings (SSSR count). The van der Waals surface area contributed by atoms with E-state index in [1.54, 1.807) is 25.4 Å². The number of methoxy groups -OCH3 is 1. The molecule has 2 aromatic carbocycles. The molecule has 4 aromatic rings. The second kappa shape index (κ2) is 11.8. The van der Waals surface area contributed by atoms with E-state index in [0.29, 0.717) is 55.8 Å². The molecule has 3 heterocycles. The van der Waals surface area contributed by atoms with E-state index in [2.05, 4.69) is 11.1 Å². The molecule has 0 amide bonds. The summed E-state index contributed by atoms with van der Waals surface area (Å²) in [6.45, 7) is 2.11. The SMILES string of the molecule is COC1(c2cncc(COCCc3nc(-c4ccccc4)c(-c4ccc(S(N)(=O)=O)cc4)o3)c2)CCOCC1. The van der Waals surface area contributed by atoms with Gasteiger partial charge in [-0.3, -0.25) is 4.98 Å². The van der Waals surface area contributed by atoms with Gasteiger partial charge in [0.1, 0.15) is 5.69 Å². The van der Waals surface area contributed by atoms with E-state index < -0.39 is 10.0 Å². The van der Waals surface area contributed by atoms with Crippen LogP contribution < -0.4 is 5.14 Å². The highest BCUT2D eigenvalue weighted by atomic mass is 32.2. The zero-order valence-electron chi connectivity index (χ0n) is 21.7. The second-order valence-corrected chi connectivity index (χ2v) is 11.0. The second-order valence-electron chi connectivity index (χ2n) is 9.42.